The topological polar surface area (TPSA) is 73.9 Å². The number of rotatable bonds is 4. The first kappa shape index (κ1) is 13.3. The molecule has 0 spiro atoms. The third kappa shape index (κ3) is 3.35. The number of nitrogens with zero attached hydrogens (tertiary/aromatic N) is 1. The summed E-state index contributed by atoms with van der Waals surface area (Å²) in [7, 11) is 2.76. The van der Waals surface area contributed by atoms with Crippen LogP contribution in [-0.4, -0.2) is 31.9 Å². The highest BCUT2D eigenvalue weighted by Crippen LogP contribution is 2.25. The first-order chi connectivity index (χ1) is 8.12. The predicted octanol–water partition coefficient (Wildman–Crippen LogP) is 1.71. The Hall–Kier alpha value is -1.75. The van der Waals surface area contributed by atoms with Gasteiger partial charge in [0.2, 0.25) is 0 Å². The summed E-state index contributed by atoms with van der Waals surface area (Å²) in [6.45, 7) is 0. The van der Waals surface area contributed by atoms with Gasteiger partial charge < -0.3 is 15.2 Å². The number of methoxy groups -OCH3 is 2. The first-order valence-electron chi connectivity index (χ1n) is 4.77. The van der Waals surface area contributed by atoms with Crippen molar-refractivity contribution in [1.29, 1.82) is 0 Å². The summed E-state index contributed by atoms with van der Waals surface area (Å²) < 4.78 is 9.70. The van der Waals surface area contributed by atoms with Crippen molar-refractivity contribution in [3.8, 4) is 5.75 Å². The van der Waals surface area contributed by atoms with E-state index >= 15 is 0 Å². The molecule has 0 bridgehead atoms. The van der Waals surface area contributed by atoms with Gasteiger partial charge in [0.25, 0.3) is 0 Å². The fourth-order valence-corrected chi connectivity index (χ4v) is 1.28. The Labute approximate surface area is 104 Å². The Balaban J connectivity index is 3.13. The molecule has 92 valence electrons. The lowest BCUT2D eigenvalue weighted by Crippen LogP contribution is -2.12. The fraction of sp³-hybridized carbons (Fsp3) is 0.273. The molecule has 0 atom stereocenters. The van der Waals surface area contributed by atoms with Gasteiger partial charge in [0.05, 0.1) is 25.8 Å². The second kappa shape index (κ2) is 6.10. The van der Waals surface area contributed by atoms with Crippen LogP contribution in [0.5, 0.6) is 5.75 Å². The minimum Gasteiger partial charge on any atom is -0.496 e. The smallest absolute Gasteiger partial charge is 0.341 e. The largest absolute Gasteiger partial charge is 0.496 e. The molecule has 0 heterocycles. The summed E-state index contributed by atoms with van der Waals surface area (Å²) in [5.74, 6) is 0.337. The molecule has 0 aliphatic carbocycles. The summed E-state index contributed by atoms with van der Waals surface area (Å²) >= 11 is 5.52. The van der Waals surface area contributed by atoms with Gasteiger partial charge >= 0.3 is 5.97 Å². The van der Waals surface area contributed by atoms with Crippen molar-refractivity contribution in [2.45, 2.75) is 0 Å². The molecule has 17 heavy (non-hydrogen) atoms. The van der Waals surface area contributed by atoms with E-state index in [0.717, 1.165) is 0 Å². The van der Waals surface area contributed by atoms with Gasteiger partial charge in [-0.2, -0.15) is 0 Å². The van der Waals surface area contributed by atoms with Gasteiger partial charge in [-0.3, -0.25) is 0 Å². The number of hydrogen-bond donors (Lipinski definition) is 1. The molecule has 1 aromatic carbocycles. The zero-order chi connectivity index (χ0) is 12.8. The molecule has 1 aromatic rings. The predicted molar refractivity (Wildman–Crippen MR) is 66.3 cm³/mol. The third-order valence-electron chi connectivity index (χ3n) is 2.00. The average Bonchev–Trinajstić information content (AvgIpc) is 2.37. The Morgan fingerprint density at radius 2 is 2.18 bits per heavy atom. The summed E-state index contributed by atoms with van der Waals surface area (Å²) in [5.41, 5.74) is 6.40. The molecule has 0 unspecified atom stereocenters. The molecule has 0 fully saturated rings. The molecular weight excluding hydrogens is 244 g/mol. The van der Waals surface area contributed by atoms with Crippen molar-refractivity contribution in [3.63, 3.8) is 0 Å². The monoisotopic (exact) mass is 256 g/mol. The molecule has 0 aliphatic heterocycles. The van der Waals surface area contributed by atoms with E-state index in [9.17, 15) is 4.79 Å². The van der Waals surface area contributed by atoms with Crippen LogP contribution in [0.1, 0.15) is 10.4 Å². The molecule has 0 saturated heterocycles. The zero-order valence-electron chi connectivity index (χ0n) is 9.57. The fourth-order valence-electron chi connectivity index (χ4n) is 1.22. The number of aliphatic imine (C=N–C) groups is 1. The number of esters is 1. The molecule has 2 N–H and O–H groups in total. The van der Waals surface area contributed by atoms with E-state index in [-0.39, 0.29) is 5.88 Å². The van der Waals surface area contributed by atoms with Crippen molar-refractivity contribution < 1.29 is 14.3 Å². The second-order valence-corrected chi connectivity index (χ2v) is 3.38. The van der Waals surface area contributed by atoms with Crippen LogP contribution in [0, 0.1) is 0 Å². The minimum absolute atomic E-state index is 0.140. The number of nitrogens with two attached hydrogens (primary N) is 1. The number of benzene rings is 1. The molecule has 0 saturated carbocycles. The van der Waals surface area contributed by atoms with Crippen LogP contribution in [0.4, 0.5) is 5.69 Å². The SMILES string of the molecule is COC(=O)c1ccc(N=C(N)CCl)cc1OC. The van der Waals surface area contributed by atoms with E-state index in [4.69, 9.17) is 22.1 Å². The van der Waals surface area contributed by atoms with E-state index in [1.54, 1.807) is 18.2 Å². The minimum atomic E-state index is -0.470. The van der Waals surface area contributed by atoms with Crippen molar-refractivity contribution in [1.82, 2.24) is 0 Å². The van der Waals surface area contributed by atoms with Crippen LogP contribution in [-0.2, 0) is 4.74 Å². The lowest BCUT2D eigenvalue weighted by atomic mass is 10.2. The number of halogens is 1. The van der Waals surface area contributed by atoms with E-state index < -0.39 is 5.97 Å². The van der Waals surface area contributed by atoms with Crippen LogP contribution in [0.15, 0.2) is 23.2 Å². The molecule has 0 aliphatic rings. The Bertz CT molecular complexity index is 446. The number of carbonyl (C=O) groups is 1. The van der Waals surface area contributed by atoms with Crippen LogP contribution in [0.2, 0.25) is 0 Å². The van der Waals surface area contributed by atoms with Crippen molar-refractivity contribution in [2.24, 2.45) is 10.7 Å². The molecular formula is C11H13ClN2O3. The van der Waals surface area contributed by atoms with Gasteiger partial charge in [-0.15, -0.1) is 11.6 Å². The number of hydrogen-bond acceptors (Lipinski definition) is 4. The maximum absolute atomic E-state index is 11.4. The van der Waals surface area contributed by atoms with Crippen molar-refractivity contribution in [2.75, 3.05) is 20.1 Å². The Morgan fingerprint density at radius 3 is 2.71 bits per heavy atom. The number of carbonyl (C=O) groups excluding carboxylic acids is 1. The Kier molecular flexibility index (Phi) is 4.78. The summed E-state index contributed by atoms with van der Waals surface area (Å²) in [5, 5.41) is 0. The van der Waals surface area contributed by atoms with Crippen LogP contribution < -0.4 is 10.5 Å². The number of amidine groups is 1. The highest BCUT2D eigenvalue weighted by Gasteiger charge is 2.12. The van der Waals surface area contributed by atoms with E-state index in [1.165, 1.54) is 14.2 Å². The van der Waals surface area contributed by atoms with Crippen LogP contribution in [0.25, 0.3) is 0 Å². The van der Waals surface area contributed by atoms with Gasteiger partial charge in [0, 0.05) is 6.07 Å². The second-order valence-electron chi connectivity index (χ2n) is 3.11. The number of ether oxygens (including phenoxy) is 2. The maximum Gasteiger partial charge on any atom is 0.341 e. The molecule has 5 nitrogen and oxygen atoms in total. The highest BCUT2D eigenvalue weighted by atomic mass is 35.5. The standard InChI is InChI=1S/C11H13ClN2O3/c1-16-9-5-7(14-10(13)6-12)3-4-8(9)11(15)17-2/h3-5H,6H2,1-2H3,(H2,13,14). The summed E-state index contributed by atoms with van der Waals surface area (Å²) in [6.07, 6.45) is 0. The molecule has 1 rings (SSSR count). The van der Waals surface area contributed by atoms with Crippen molar-refractivity contribution >= 4 is 29.1 Å². The number of alkyl halides is 1. The summed E-state index contributed by atoms with van der Waals surface area (Å²) in [4.78, 5) is 15.4. The lowest BCUT2D eigenvalue weighted by Gasteiger charge is -2.07. The normalized spacial score (nSPS) is 11.1. The maximum atomic E-state index is 11.4. The van der Waals surface area contributed by atoms with Gasteiger partial charge in [-0.1, -0.05) is 0 Å². The lowest BCUT2D eigenvalue weighted by molar-refractivity contribution is 0.0597. The highest BCUT2D eigenvalue weighted by molar-refractivity contribution is 6.28. The average molecular weight is 257 g/mol. The molecule has 0 amide bonds. The Morgan fingerprint density at radius 1 is 1.47 bits per heavy atom. The molecule has 6 heteroatoms. The van der Waals surface area contributed by atoms with Gasteiger partial charge in [-0.05, 0) is 12.1 Å². The quantitative estimate of drug-likeness (QED) is 0.385. The first-order valence-corrected chi connectivity index (χ1v) is 5.31. The van der Waals surface area contributed by atoms with Crippen LogP contribution >= 0.6 is 11.6 Å². The zero-order valence-corrected chi connectivity index (χ0v) is 10.3. The van der Waals surface area contributed by atoms with E-state index in [2.05, 4.69) is 9.73 Å². The van der Waals surface area contributed by atoms with Crippen LogP contribution in [0.3, 0.4) is 0 Å². The van der Waals surface area contributed by atoms with Crippen molar-refractivity contribution in [3.05, 3.63) is 23.8 Å². The third-order valence-corrected chi connectivity index (χ3v) is 2.27. The van der Waals surface area contributed by atoms with Gasteiger partial charge in [0.1, 0.15) is 17.1 Å². The van der Waals surface area contributed by atoms with E-state index in [1.807, 2.05) is 0 Å². The molecule has 0 radical (unpaired) electrons. The summed E-state index contributed by atoms with van der Waals surface area (Å²) in [6, 6.07) is 4.78. The van der Waals surface area contributed by atoms with Gasteiger partial charge in [0.15, 0.2) is 0 Å². The molecule has 0 aromatic heterocycles. The van der Waals surface area contributed by atoms with E-state index in [0.29, 0.717) is 22.8 Å². The van der Waals surface area contributed by atoms with Gasteiger partial charge in [-0.25, -0.2) is 9.79 Å².